The van der Waals surface area contributed by atoms with Crippen molar-refractivity contribution in [3.8, 4) is 0 Å². The molecule has 0 amide bonds. The average Bonchev–Trinajstić information content (AvgIpc) is 3.24. The Kier molecular flexibility index (Phi) is 47.9. The Bertz CT molecular complexity index is 743. The Labute approximate surface area is 355 Å². The molecule has 0 aliphatic heterocycles. The predicted molar refractivity (Wildman–Crippen MR) is 221 cm³/mol. The van der Waals surface area contributed by atoms with Crippen LogP contribution in [0, 0.1) is 0 Å². The summed E-state index contributed by atoms with van der Waals surface area (Å²) in [6.45, 7) is 25.8. The minimum Gasteiger partial charge on any atom is -0.394 e. The summed E-state index contributed by atoms with van der Waals surface area (Å²) in [6.07, 6.45) is -0.362. The molecule has 0 aromatic rings. The molecular weight excluding hydrogens is 780 g/mol. The second-order valence-electron chi connectivity index (χ2n) is 14.0. The maximum Gasteiger partial charge on any atom is 0.0781 e. The molecule has 0 aliphatic rings. The van der Waals surface area contributed by atoms with E-state index >= 15 is 0 Å². The molecule has 0 bridgehead atoms. The minimum atomic E-state index is -0.182. The van der Waals surface area contributed by atoms with Gasteiger partial charge in [0.1, 0.15) is 0 Å². The molecular formula is C41H86O18. The molecule has 8 unspecified atom stereocenters. The van der Waals surface area contributed by atoms with Crippen LogP contribution in [0.2, 0.25) is 0 Å². The number of aliphatic hydroxyl groups excluding tert-OH is 3. The van der Waals surface area contributed by atoms with Crippen LogP contribution in [0.15, 0.2) is 0 Å². The van der Waals surface area contributed by atoms with Crippen molar-refractivity contribution in [3.63, 3.8) is 0 Å². The molecule has 0 saturated carbocycles. The average molecular weight is 867 g/mol. The van der Waals surface area contributed by atoms with Gasteiger partial charge in [-0.15, -0.1) is 0 Å². The third-order valence-corrected chi connectivity index (χ3v) is 7.67. The Hall–Kier alpha value is -0.720. The normalized spacial score (nSPS) is 15.9. The molecule has 358 valence electrons. The summed E-state index contributed by atoms with van der Waals surface area (Å²) in [5, 5.41) is 26.0. The quantitative estimate of drug-likeness (QED) is 0.0750. The first kappa shape index (κ1) is 60.4. The number of aliphatic hydroxyl groups is 3. The maximum absolute atomic E-state index is 8.98. The summed E-state index contributed by atoms with van der Waals surface area (Å²) in [7, 11) is 1.67. The van der Waals surface area contributed by atoms with Crippen molar-refractivity contribution in [2.24, 2.45) is 0 Å². The van der Waals surface area contributed by atoms with Crippen LogP contribution in [0.1, 0.15) is 55.4 Å². The lowest BCUT2D eigenvalue weighted by Gasteiger charge is -2.23. The van der Waals surface area contributed by atoms with Crippen LogP contribution in [0.25, 0.3) is 0 Å². The Morgan fingerprint density at radius 2 is 0.458 bits per heavy atom. The second-order valence-corrected chi connectivity index (χ2v) is 14.0. The highest BCUT2D eigenvalue weighted by Crippen LogP contribution is 2.05. The Morgan fingerprint density at radius 1 is 0.271 bits per heavy atom. The second kappa shape index (κ2) is 46.8. The fourth-order valence-corrected chi connectivity index (χ4v) is 4.06. The molecule has 0 heterocycles. The molecule has 0 fully saturated rings. The summed E-state index contributed by atoms with van der Waals surface area (Å²) in [6, 6.07) is 0. The van der Waals surface area contributed by atoms with E-state index in [1.165, 1.54) is 0 Å². The highest BCUT2D eigenvalue weighted by atomic mass is 16.6. The van der Waals surface area contributed by atoms with Crippen LogP contribution in [0.3, 0.4) is 0 Å². The highest BCUT2D eigenvalue weighted by molar-refractivity contribution is 4.59. The van der Waals surface area contributed by atoms with E-state index in [1.807, 2.05) is 55.4 Å². The lowest BCUT2D eigenvalue weighted by Crippen LogP contribution is -2.30. The molecule has 8 atom stereocenters. The fourth-order valence-electron chi connectivity index (χ4n) is 4.06. The van der Waals surface area contributed by atoms with Crippen molar-refractivity contribution in [1.82, 2.24) is 0 Å². The predicted octanol–water partition coefficient (Wildman–Crippen LogP) is 1.94. The van der Waals surface area contributed by atoms with Gasteiger partial charge in [-0.2, -0.15) is 0 Å². The first-order valence-electron chi connectivity index (χ1n) is 21.2. The summed E-state index contributed by atoms with van der Waals surface area (Å²) in [5.41, 5.74) is 0. The van der Waals surface area contributed by atoms with E-state index in [0.29, 0.717) is 139 Å². The molecule has 0 saturated heterocycles. The maximum atomic E-state index is 8.98. The zero-order valence-corrected chi connectivity index (χ0v) is 38.1. The van der Waals surface area contributed by atoms with Gasteiger partial charge in [-0.1, -0.05) is 0 Å². The van der Waals surface area contributed by atoms with E-state index in [2.05, 4.69) is 0 Å². The first-order chi connectivity index (χ1) is 28.5. The number of hydrogen-bond acceptors (Lipinski definition) is 18. The van der Waals surface area contributed by atoms with Gasteiger partial charge in [0.25, 0.3) is 0 Å². The molecule has 3 N–H and O–H groups in total. The molecule has 0 aliphatic carbocycles. The summed E-state index contributed by atoms with van der Waals surface area (Å²) < 4.78 is 82.0. The van der Waals surface area contributed by atoms with Crippen molar-refractivity contribution in [2.45, 2.75) is 104 Å². The molecule has 59 heavy (non-hydrogen) atoms. The minimum absolute atomic E-state index is 0.000883. The van der Waals surface area contributed by atoms with E-state index in [1.54, 1.807) is 7.11 Å². The standard InChI is InChI=1S/C25H52O9.C16H34O9/c1-18(10-26)28-12-20(3)30-14-22(5)32-16-24(7)34-17-25(8)33-15-23(6)31-13-21(4)29-11-19(2)27-9;17-1-3-19-5-7-21-9-11-23-13-15-25-16-14-24-12-10-22-8-6-20-4-2-18/h18-26H,10-17H2,1-9H3;17-18H,1-16H2. The van der Waals surface area contributed by atoms with Crippen LogP contribution >= 0.6 is 0 Å². The van der Waals surface area contributed by atoms with E-state index in [-0.39, 0.29) is 68.7 Å². The van der Waals surface area contributed by atoms with E-state index in [0.717, 1.165) is 0 Å². The van der Waals surface area contributed by atoms with Crippen molar-refractivity contribution in [3.05, 3.63) is 0 Å². The zero-order valence-electron chi connectivity index (χ0n) is 38.1. The summed E-state index contributed by atoms with van der Waals surface area (Å²) in [4.78, 5) is 0. The van der Waals surface area contributed by atoms with Gasteiger partial charge in [0.15, 0.2) is 0 Å². The molecule has 18 nitrogen and oxygen atoms in total. The zero-order chi connectivity index (χ0) is 44.2. The largest absolute Gasteiger partial charge is 0.394 e. The topological polar surface area (TPSA) is 199 Å². The highest BCUT2D eigenvalue weighted by Gasteiger charge is 2.14. The molecule has 18 heteroatoms. The summed E-state index contributed by atoms with van der Waals surface area (Å²) >= 11 is 0. The van der Waals surface area contributed by atoms with Crippen LogP contribution in [-0.4, -0.2) is 230 Å². The fraction of sp³-hybridized carbons (Fsp3) is 1.00. The third kappa shape index (κ3) is 48.2. The lowest BCUT2D eigenvalue weighted by atomic mass is 10.3. The molecule has 0 aromatic heterocycles. The van der Waals surface area contributed by atoms with Crippen LogP contribution < -0.4 is 0 Å². The van der Waals surface area contributed by atoms with Crippen molar-refractivity contribution in [2.75, 3.05) is 166 Å². The SMILES string of the molecule is COC(C)COC(C)COC(C)COC(C)COC(C)COC(C)COC(C)COC(C)CO.OCCOCCOCCOCCOCCOCCOCCOCCO. The van der Waals surface area contributed by atoms with Gasteiger partial charge in [0, 0.05) is 7.11 Å². The van der Waals surface area contributed by atoms with E-state index < -0.39 is 0 Å². The van der Waals surface area contributed by atoms with Gasteiger partial charge in [-0.3, -0.25) is 0 Å². The van der Waals surface area contributed by atoms with Gasteiger partial charge in [-0.05, 0) is 55.4 Å². The van der Waals surface area contributed by atoms with Crippen LogP contribution in [-0.2, 0) is 71.1 Å². The van der Waals surface area contributed by atoms with Crippen LogP contribution in [0.4, 0.5) is 0 Å². The Balaban J connectivity index is 0. The number of rotatable bonds is 45. The van der Waals surface area contributed by atoms with Crippen molar-refractivity contribution < 1.29 is 86.4 Å². The molecule has 0 aromatic carbocycles. The van der Waals surface area contributed by atoms with Crippen molar-refractivity contribution in [1.29, 1.82) is 0 Å². The first-order valence-corrected chi connectivity index (χ1v) is 21.2. The molecule has 0 spiro atoms. The van der Waals surface area contributed by atoms with Gasteiger partial charge in [-0.25, -0.2) is 0 Å². The van der Waals surface area contributed by atoms with E-state index in [4.69, 9.17) is 86.4 Å². The third-order valence-electron chi connectivity index (χ3n) is 7.67. The van der Waals surface area contributed by atoms with Gasteiger partial charge in [0.05, 0.1) is 207 Å². The van der Waals surface area contributed by atoms with Gasteiger partial charge >= 0.3 is 0 Å². The van der Waals surface area contributed by atoms with Gasteiger partial charge in [0.2, 0.25) is 0 Å². The molecule has 0 rings (SSSR count). The van der Waals surface area contributed by atoms with Crippen molar-refractivity contribution >= 4 is 0 Å². The monoisotopic (exact) mass is 867 g/mol. The number of ether oxygens (including phenoxy) is 15. The number of hydrogen-bond donors (Lipinski definition) is 3. The lowest BCUT2D eigenvalue weighted by molar-refractivity contribution is -0.108. The van der Waals surface area contributed by atoms with Gasteiger partial charge < -0.3 is 86.4 Å². The van der Waals surface area contributed by atoms with E-state index in [9.17, 15) is 0 Å². The summed E-state index contributed by atoms with van der Waals surface area (Å²) in [5.74, 6) is 0. The van der Waals surface area contributed by atoms with Crippen LogP contribution in [0.5, 0.6) is 0 Å². The smallest absolute Gasteiger partial charge is 0.0781 e. The Morgan fingerprint density at radius 3 is 0.644 bits per heavy atom. The molecule has 0 radical (unpaired) electrons. The number of methoxy groups -OCH3 is 1.